The van der Waals surface area contributed by atoms with Crippen molar-refractivity contribution in [3.8, 4) is 0 Å². The van der Waals surface area contributed by atoms with E-state index in [1.165, 1.54) is 5.56 Å². The third-order valence-corrected chi connectivity index (χ3v) is 5.12. The first-order valence-electron chi connectivity index (χ1n) is 8.66. The maximum absolute atomic E-state index is 13.0. The van der Waals surface area contributed by atoms with Gasteiger partial charge in [-0.3, -0.25) is 4.79 Å². The Labute approximate surface area is 159 Å². The molecule has 2 aromatic carbocycles. The van der Waals surface area contributed by atoms with E-state index >= 15 is 0 Å². The Hall–Kier alpha value is -2.59. The Morgan fingerprint density at radius 3 is 2.42 bits per heavy atom. The van der Waals surface area contributed by atoms with Crippen molar-refractivity contribution in [2.24, 2.45) is 0 Å². The lowest BCUT2D eigenvalue weighted by Gasteiger charge is -2.23. The van der Waals surface area contributed by atoms with Crippen molar-refractivity contribution < 1.29 is 4.79 Å². The number of amides is 1. The summed E-state index contributed by atoms with van der Waals surface area (Å²) >= 11 is 1.59. The maximum Gasteiger partial charge on any atom is 0.258 e. The second-order valence-corrected chi connectivity index (χ2v) is 7.23. The smallest absolute Gasteiger partial charge is 0.258 e. The highest BCUT2D eigenvalue weighted by Crippen LogP contribution is 2.27. The summed E-state index contributed by atoms with van der Waals surface area (Å²) in [4.78, 5) is 20.2. The molecule has 4 heteroatoms. The number of carbonyl (C=O) groups is 1. The molecule has 0 saturated heterocycles. The SMILES string of the molecule is CCN(C(=O)c1ccc(Sc2ccccn2)cc1)c1ccc(C)cc1C. The molecule has 3 aromatic rings. The van der Waals surface area contributed by atoms with E-state index in [-0.39, 0.29) is 5.91 Å². The third kappa shape index (κ3) is 4.14. The zero-order valence-corrected chi connectivity index (χ0v) is 16.1. The molecular formula is C22H22N2OS. The molecule has 0 aliphatic carbocycles. The van der Waals surface area contributed by atoms with Gasteiger partial charge in [0.15, 0.2) is 0 Å². The summed E-state index contributed by atoms with van der Waals surface area (Å²) in [7, 11) is 0. The lowest BCUT2D eigenvalue weighted by molar-refractivity contribution is 0.0988. The minimum Gasteiger partial charge on any atom is -0.308 e. The van der Waals surface area contributed by atoms with Gasteiger partial charge in [0.25, 0.3) is 5.91 Å². The van der Waals surface area contributed by atoms with E-state index < -0.39 is 0 Å². The second kappa shape index (κ2) is 8.19. The van der Waals surface area contributed by atoms with Gasteiger partial charge >= 0.3 is 0 Å². The molecule has 0 radical (unpaired) electrons. The van der Waals surface area contributed by atoms with E-state index in [0.29, 0.717) is 12.1 Å². The molecule has 0 aliphatic rings. The van der Waals surface area contributed by atoms with Crippen LogP contribution in [0.1, 0.15) is 28.4 Å². The van der Waals surface area contributed by atoms with E-state index in [4.69, 9.17) is 0 Å². The lowest BCUT2D eigenvalue weighted by atomic mass is 10.1. The lowest BCUT2D eigenvalue weighted by Crippen LogP contribution is -2.31. The molecule has 0 saturated carbocycles. The van der Waals surface area contributed by atoms with Crippen LogP contribution in [0.3, 0.4) is 0 Å². The number of pyridine rings is 1. The van der Waals surface area contributed by atoms with Crippen LogP contribution in [0.4, 0.5) is 5.69 Å². The summed E-state index contributed by atoms with van der Waals surface area (Å²) in [5, 5.41) is 0.942. The van der Waals surface area contributed by atoms with Gasteiger partial charge in [-0.1, -0.05) is 35.5 Å². The molecule has 0 atom stereocenters. The van der Waals surface area contributed by atoms with Gasteiger partial charge in [-0.15, -0.1) is 0 Å². The Kier molecular flexibility index (Phi) is 5.74. The molecule has 1 amide bonds. The zero-order chi connectivity index (χ0) is 18.5. The van der Waals surface area contributed by atoms with Crippen LogP contribution in [-0.2, 0) is 0 Å². The van der Waals surface area contributed by atoms with Crippen LogP contribution in [0.5, 0.6) is 0 Å². The van der Waals surface area contributed by atoms with E-state index in [1.54, 1.807) is 18.0 Å². The highest BCUT2D eigenvalue weighted by Gasteiger charge is 2.17. The molecule has 3 nitrogen and oxygen atoms in total. The number of hydrogen-bond donors (Lipinski definition) is 0. The van der Waals surface area contributed by atoms with Crippen LogP contribution in [0.15, 0.2) is 76.8 Å². The summed E-state index contributed by atoms with van der Waals surface area (Å²) in [5.41, 5.74) is 3.97. The molecule has 0 N–H and O–H groups in total. The van der Waals surface area contributed by atoms with Crippen LogP contribution in [0.25, 0.3) is 0 Å². The topological polar surface area (TPSA) is 33.2 Å². The number of nitrogens with zero attached hydrogens (tertiary/aromatic N) is 2. The predicted molar refractivity (Wildman–Crippen MR) is 108 cm³/mol. The summed E-state index contributed by atoms with van der Waals surface area (Å²) in [6, 6.07) is 19.8. The molecule has 3 rings (SSSR count). The molecule has 26 heavy (non-hydrogen) atoms. The van der Waals surface area contributed by atoms with Crippen molar-refractivity contribution in [2.75, 3.05) is 11.4 Å². The van der Waals surface area contributed by atoms with Gasteiger partial charge in [0.05, 0.1) is 0 Å². The third-order valence-electron chi connectivity index (χ3n) is 4.17. The normalized spacial score (nSPS) is 10.6. The largest absolute Gasteiger partial charge is 0.308 e. The van der Waals surface area contributed by atoms with Crippen LogP contribution in [0, 0.1) is 13.8 Å². The molecule has 0 bridgehead atoms. The Bertz CT molecular complexity index is 892. The molecule has 0 aliphatic heterocycles. The highest BCUT2D eigenvalue weighted by molar-refractivity contribution is 7.99. The first kappa shape index (κ1) is 18.2. The van der Waals surface area contributed by atoms with Crippen LogP contribution >= 0.6 is 11.8 Å². The number of rotatable bonds is 5. The van der Waals surface area contributed by atoms with Gasteiger partial charge in [0, 0.05) is 28.9 Å². The number of anilines is 1. The Balaban J connectivity index is 1.80. The van der Waals surface area contributed by atoms with E-state index in [9.17, 15) is 4.79 Å². The van der Waals surface area contributed by atoms with Crippen molar-refractivity contribution in [2.45, 2.75) is 30.7 Å². The Morgan fingerprint density at radius 2 is 1.81 bits per heavy atom. The maximum atomic E-state index is 13.0. The standard InChI is InChI=1S/C22H22N2OS/c1-4-24(20-13-8-16(2)15-17(20)3)22(25)18-9-11-19(12-10-18)26-21-7-5-6-14-23-21/h5-15H,4H2,1-3H3. The molecule has 0 unspecified atom stereocenters. The van der Waals surface area contributed by atoms with Gasteiger partial charge in [0.2, 0.25) is 0 Å². The molecule has 0 fully saturated rings. The van der Waals surface area contributed by atoms with Crippen molar-refractivity contribution >= 4 is 23.4 Å². The summed E-state index contributed by atoms with van der Waals surface area (Å²) in [5.74, 6) is 0.0221. The first-order chi connectivity index (χ1) is 12.6. The van der Waals surface area contributed by atoms with Gasteiger partial charge in [-0.25, -0.2) is 4.98 Å². The number of hydrogen-bond acceptors (Lipinski definition) is 3. The van der Waals surface area contributed by atoms with Crippen molar-refractivity contribution in [3.05, 3.63) is 83.6 Å². The van der Waals surface area contributed by atoms with Crippen molar-refractivity contribution in [3.63, 3.8) is 0 Å². The average Bonchev–Trinajstić information content (AvgIpc) is 2.65. The average molecular weight is 362 g/mol. The molecule has 1 aromatic heterocycles. The first-order valence-corrected chi connectivity index (χ1v) is 9.48. The summed E-state index contributed by atoms with van der Waals surface area (Å²) in [6.45, 7) is 6.74. The van der Waals surface area contributed by atoms with E-state index in [0.717, 1.165) is 21.2 Å². The number of aromatic nitrogens is 1. The number of aryl methyl sites for hydroxylation is 2. The monoisotopic (exact) mass is 362 g/mol. The fraction of sp³-hybridized carbons (Fsp3) is 0.182. The van der Waals surface area contributed by atoms with Gasteiger partial charge in [-0.2, -0.15) is 0 Å². The number of benzene rings is 2. The molecule has 0 spiro atoms. The van der Waals surface area contributed by atoms with Gasteiger partial charge < -0.3 is 4.90 Å². The molecule has 1 heterocycles. The van der Waals surface area contributed by atoms with Gasteiger partial charge in [-0.05, 0) is 68.8 Å². The Morgan fingerprint density at radius 1 is 1.04 bits per heavy atom. The van der Waals surface area contributed by atoms with Crippen LogP contribution in [0.2, 0.25) is 0 Å². The van der Waals surface area contributed by atoms with E-state index in [1.807, 2.05) is 73.3 Å². The summed E-state index contributed by atoms with van der Waals surface area (Å²) < 4.78 is 0. The van der Waals surface area contributed by atoms with Crippen LogP contribution in [-0.4, -0.2) is 17.4 Å². The van der Waals surface area contributed by atoms with Gasteiger partial charge in [0.1, 0.15) is 5.03 Å². The summed E-state index contributed by atoms with van der Waals surface area (Å²) in [6.07, 6.45) is 1.78. The molecular weight excluding hydrogens is 340 g/mol. The number of carbonyl (C=O) groups excluding carboxylic acids is 1. The van der Waals surface area contributed by atoms with Crippen molar-refractivity contribution in [1.82, 2.24) is 4.98 Å². The minimum absolute atomic E-state index is 0.0221. The minimum atomic E-state index is 0.0221. The molecule has 132 valence electrons. The van der Waals surface area contributed by atoms with E-state index in [2.05, 4.69) is 18.0 Å². The highest BCUT2D eigenvalue weighted by atomic mass is 32.2. The predicted octanol–water partition coefficient (Wildman–Crippen LogP) is 5.52. The van der Waals surface area contributed by atoms with Crippen molar-refractivity contribution in [1.29, 1.82) is 0 Å². The fourth-order valence-corrected chi connectivity index (χ4v) is 3.66. The fourth-order valence-electron chi connectivity index (χ4n) is 2.88. The quantitative estimate of drug-likeness (QED) is 0.599. The van der Waals surface area contributed by atoms with Crippen LogP contribution < -0.4 is 4.90 Å². The zero-order valence-electron chi connectivity index (χ0n) is 15.3. The second-order valence-electron chi connectivity index (χ2n) is 6.13.